The molecule has 0 saturated carbocycles. The molecule has 0 aliphatic heterocycles. The molecular formula is C19H21NO4. The largest absolute Gasteiger partial charge is 0.494 e. The molecule has 0 saturated heterocycles. The van der Waals surface area contributed by atoms with Gasteiger partial charge in [-0.25, -0.2) is 4.79 Å². The van der Waals surface area contributed by atoms with Crippen molar-refractivity contribution < 1.29 is 19.4 Å². The SMILES string of the molecule is CCOc1cccc(C(=O)NC(C(=O)O)c2cc(C)cc(C)c2)c1. The summed E-state index contributed by atoms with van der Waals surface area (Å²) < 4.78 is 5.37. The standard InChI is InChI=1S/C19H21NO4/c1-4-24-16-7-5-6-14(11-16)18(21)20-17(19(22)23)15-9-12(2)8-13(3)10-15/h5-11,17H,4H2,1-3H3,(H,20,21)(H,22,23). The number of carbonyl (C=O) groups excluding carboxylic acids is 1. The molecule has 1 amide bonds. The topological polar surface area (TPSA) is 75.6 Å². The van der Waals surface area contributed by atoms with E-state index in [4.69, 9.17) is 4.74 Å². The zero-order valence-electron chi connectivity index (χ0n) is 14.0. The molecule has 0 aliphatic carbocycles. The Balaban J connectivity index is 2.26. The lowest BCUT2D eigenvalue weighted by atomic mass is 10.0. The summed E-state index contributed by atoms with van der Waals surface area (Å²) in [4.78, 5) is 24.0. The molecule has 5 heteroatoms. The minimum Gasteiger partial charge on any atom is -0.494 e. The van der Waals surface area contributed by atoms with Crippen molar-refractivity contribution in [2.75, 3.05) is 6.61 Å². The number of carbonyl (C=O) groups is 2. The van der Waals surface area contributed by atoms with Gasteiger partial charge in [0.1, 0.15) is 5.75 Å². The van der Waals surface area contributed by atoms with Crippen LogP contribution in [0.2, 0.25) is 0 Å². The Bertz CT molecular complexity index is 735. The molecule has 126 valence electrons. The number of hydrogen-bond donors (Lipinski definition) is 2. The van der Waals surface area contributed by atoms with Crippen LogP contribution in [0.15, 0.2) is 42.5 Å². The minimum atomic E-state index is -1.10. The molecule has 1 unspecified atom stereocenters. The van der Waals surface area contributed by atoms with Gasteiger partial charge in [-0.1, -0.05) is 35.4 Å². The van der Waals surface area contributed by atoms with Crippen molar-refractivity contribution in [1.29, 1.82) is 0 Å². The van der Waals surface area contributed by atoms with E-state index in [0.717, 1.165) is 11.1 Å². The number of aliphatic carboxylic acids is 1. The summed E-state index contributed by atoms with van der Waals surface area (Å²) in [5.74, 6) is -0.985. The highest BCUT2D eigenvalue weighted by Gasteiger charge is 2.23. The zero-order valence-corrected chi connectivity index (χ0v) is 14.0. The lowest BCUT2D eigenvalue weighted by Gasteiger charge is -2.16. The number of ether oxygens (including phenoxy) is 1. The van der Waals surface area contributed by atoms with E-state index in [1.807, 2.05) is 26.8 Å². The average molecular weight is 327 g/mol. The lowest BCUT2D eigenvalue weighted by molar-refractivity contribution is -0.139. The second-order valence-corrected chi connectivity index (χ2v) is 5.63. The maximum atomic E-state index is 12.4. The third-order valence-corrected chi connectivity index (χ3v) is 3.51. The molecule has 24 heavy (non-hydrogen) atoms. The Morgan fingerprint density at radius 3 is 2.38 bits per heavy atom. The van der Waals surface area contributed by atoms with Crippen molar-refractivity contribution in [2.45, 2.75) is 26.8 Å². The van der Waals surface area contributed by atoms with Crippen LogP contribution in [0.3, 0.4) is 0 Å². The molecule has 0 spiro atoms. The van der Waals surface area contributed by atoms with E-state index >= 15 is 0 Å². The van der Waals surface area contributed by atoms with Crippen molar-refractivity contribution in [1.82, 2.24) is 5.32 Å². The zero-order chi connectivity index (χ0) is 17.7. The van der Waals surface area contributed by atoms with Crippen LogP contribution >= 0.6 is 0 Å². The van der Waals surface area contributed by atoms with Crippen molar-refractivity contribution >= 4 is 11.9 Å². The summed E-state index contributed by atoms with van der Waals surface area (Å²) in [6.07, 6.45) is 0. The first kappa shape index (κ1) is 17.5. The van der Waals surface area contributed by atoms with E-state index in [0.29, 0.717) is 23.5 Å². The second-order valence-electron chi connectivity index (χ2n) is 5.63. The third kappa shape index (κ3) is 4.35. The summed E-state index contributed by atoms with van der Waals surface area (Å²) >= 11 is 0. The van der Waals surface area contributed by atoms with Gasteiger partial charge < -0.3 is 15.2 Å². The Morgan fingerprint density at radius 1 is 1.12 bits per heavy atom. The number of amides is 1. The Hall–Kier alpha value is -2.82. The van der Waals surface area contributed by atoms with Gasteiger partial charge in [0.2, 0.25) is 0 Å². The van der Waals surface area contributed by atoms with Gasteiger partial charge in [0.05, 0.1) is 6.61 Å². The number of rotatable bonds is 6. The summed E-state index contributed by atoms with van der Waals surface area (Å²) in [5, 5.41) is 12.1. The van der Waals surface area contributed by atoms with Gasteiger partial charge in [0.25, 0.3) is 5.91 Å². The molecule has 5 nitrogen and oxygen atoms in total. The second kappa shape index (κ2) is 7.64. The third-order valence-electron chi connectivity index (χ3n) is 3.51. The predicted octanol–water partition coefficient (Wildman–Crippen LogP) is 3.26. The Kier molecular flexibility index (Phi) is 5.58. The molecule has 2 aromatic rings. The number of benzene rings is 2. The summed E-state index contributed by atoms with van der Waals surface area (Å²) in [5.41, 5.74) is 2.80. The molecular weight excluding hydrogens is 306 g/mol. The van der Waals surface area contributed by atoms with E-state index in [-0.39, 0.29) is 0 Å². The highest BCUT2D eigenvalue weighted by molar-refractivity contribution is 5.97. The molecule has 1 atom stereocenters. The van der Waals surface area contributed by atoms with Crippen LogP contribution in [0.25, 0.3) is 0 Å². The lowest BCUT2D eigenvalue weighted by Crippen LogP contribution is -2.33. The minimum absolute atomic E-state index is 0.358. The molecule has 0 aromatic heterocycles. The summed E-state index contributed by atoms with van der Waals surface area (Å²) in [6.45, 7) is 6.13. The van der Waals surface area contributed by atoms with Crippen molar-refractivity contribution in [2.24, 2.45) is 0 Å². The molecule has 0 fully saturated rings. The predicted molar refractivity (Wildman–Crippen MR) is 91.4 cm³/mol. The Labute approximate surface area is 141 Å². The highest BCUT2D eigenvalue weighted by atomic mass is 16.5. The molecule has 0 aliphatic rings. The first-order valence-electron chi connectivity index (χ1n) is 7.75. The number of hydrogen-bond acceptors (Lipinski definition) is 3. The van der Waals surface area contributed by atoms with Crippen LogP contribution in [0.5, 0.6) is 5.75 Å². The fourth-order valence-corrected chi connectivity index (χ4v) is 2.57. The molecule has 2 N–H and O–H groups in total. The monoisotopic (exact) mass is 327 g/mol. The number of aryl methyl sites for hydroxylation is 2. The van der Waals surface area contributed by atoms with E-state index in [2.05, 4.69) is 5.32 Å². The first-order chi connectivity index (χ1) is 11.4. The number of carboxylic acid groups (broad SMARTS) is 1. The van der Waals surface area contributed by atoms with E-state index in [1.54, 1.807) is 36.4 Å². The molecule has 0 heterocycles. The van der Waals surface area contributed by atoms with Gasteiger partial charge in [-0.2, -0.15) is 0 Å². The maximum absolute atomic E-state index is 12.4. The van der Waals surface area contributed by atoms with Gasteiger partial charge in [-0.3, -0.25) is 4.79 Å². The fraction of sp³-hybridized carbons (Fsp3) is 0.263. The molecule has 2 aromatic carbocycles. The van der Waals surface area contributed by atoms with E-state index in [1.165, 1.54) is 0 Å². The number of carboxylic acids is 1. The average Bonchev–Trinajstić information content (AvgIpc) is 2.51. The normalized spacial score (nSPS) is 11.6. The van der Waals surface area contributed by atoms with Gasteiger partial charge >= 0.3 is 5.97 Å². The maximum Gasteiger partial charge on any atom is 0.330 e. The van der Waals surface area contributed by atoms with Crippen LogP contribution in [0, 0.1) is 13.8 Å². The number of nitrogens with one attached hydrogen (secondary N) is 1. The van der Waals surface area contributed by atoms with Crippen molar-refractivity contribution in [3.05, 3.63) is 64.7 Å². The van der Waals surface area contributed by atoms with Crippen LogP contribution in [0.1, 0.15) is 40.0 Å². The smallest absolute Gasteiger partial charge is 0.330 e. The Morgan fingerprint density at radius 2 is 1.79 bits per heavy atom. The van der Waals surface area contributed by atoms with Gasteiger partial charge in [-0.15, -0.1) is 0 Å². The first-order valence-corrected chi connectivity index (χ1v) is 7.75. The van der Waals surface area contributed by atoms with Crippen LogP contribution in [-0.4, -0.2) is 23.6 Å². The molecule has 2 rings (SSSR count). The van der Waals surface area contributed by atoms with Gasteiger partial charge in [0, 0.05) is 5.56 Å². The quantitative estimate of drug-likeness (QED) is 0.854. The highest BCUT2D eigenvalue weighted by Crippen LogP contribution is 2.19. The molecule has 0 radical (unpaired) electrons. The van der Waals surface area contributed by atoms with Crippen molar-refractivity contribution in [3.8, 4) is 5.75 Å². The van der Waals surface area contributed by atoms with Crippen LogP contribution in [0.4, 0.5) is 0 Å². The van der Waals surface area contributed by atoms with E-state index < -0.39 is 17.9 Å². The summed E-state index contributed by atoms with van der Waals surface area (Å²) in [7, 11) is 0. The fourth-order valence-electron chi connectivity index (χ4n) is 2.57. The van der Waals surface area contributed by atoms with Crippen LogP contribution < -0.4 is 10.1 Å². The van der Waals surface area contributed by atoms with Gasteiger partial charge in [-0.05, 0) is 44.5 Å². The van der Waals surface area contributed by atoms with Crippen molar-refractivity contribution in [3.63, 3.8) is 0 Å². The molecule has 0 bridgehead atoms. The van der Waals surface area contributed by atoms with Crippen LogP contribution in [-0.2, 0) is 4.79 Å². The summed E-state index contributed by atoms with van der Waals surface area (Å²) in [6, 6.07) is 11.1. The van der Waals surface area contributed by atoms with E-state index in [9.17, 15) is 14.7 Å². The van der Waals surface area contributed by atoms with Gasteiger partial charge in [0.15, 0.2) is 6.04 Å².